The second-order valence-electron chi connectivity index (χ2n) is 4.64. The largest absolute Gasteiger partial charge is 0.488 e. The lowest BCUT2D eigenvalue weighted by Gasteiger charge is -2.08. The van der Waals surface area contributed by atoms with E-state index >= 15 is 0 Å². The first kappa shape index (κ1) is 13.1. The molecule has 0 unspecified atom stereocenters. The highest BCUT2D eigenvalue weighted by atomic mass is 16.5. The molecule has 4 nitrogen and oxygen atoms in total. The Morgan fingerprint density at radius 2 is 1.90 bits per heavy atom. The van der Waals surface area contributed by atoms with E-state index in [-0.39, 0.29) is 0 Å². The summed E-state index contributed by atoms with van der Waals surface area (Å²) < 4.78 is 5.81. The zero-order chi connectivity index (χ0) is 14.7. The van der Waals surface area contributed by atoms with Gasteiger partial charge in [0.2, 0.25) is 5.78 Å². The van der Waals surface area contributed by atoms with Gasteiger partial charge in [-0.15, -0.1) is 0 Å². The Labute approximate surface area is 121 Å². The molecular weight excluding hydrogens is 266 g/mol. The quantitative estimate of drug-likeness (QED) is 0.443. The number of carbonyl (C=O) groups excluding carboxylic acids is 2. The van der Waals surface area contributed by atoms with Gasteiger partial charge in [-0.25, -0.2) is 0 Å². The summed E-state index contributed by atoms with van der Waals surface area (Å²) in [6.45, 7) is 0.403. The summed E-state index contributed by atoms with van der Waals surface area (Å²) in [5, 5.41) is 0.644. The Hall–Kier alpha value is -2.88. The van der Waals surface area contributed by atoms with Gasteiger partial charge in [-0.2, -0.15) is 0 Å². The lowest BCUT2D eigenvalue weighted by molar-refractivity contribution is -0.104. The van der Waals surface area contributed by atoms with Crippen LogP contribution >= 0.6 is 0 Å². The molecular formula is C17H13NO3. The SMILES string of the molecule is O=CC(=O)c1c[nH]c2cccc(OCc3ccccc3)c12. The molecule has 3 rings (SSSR count). The molecule has 0 bridgehead atoms. The molecule has 0 fully saturated rings. The first-order chi connectivity index (χ1) is 10.3. The van der Waals surface area contributed by atoms with Crippen molar-refractivity contribution >= 4 is 23.0 Å². The number of ether oxygens (including phenoxy) is 1. The topological polar surface area (TPSA) is 59.2 Å². The molecule has 0 saturated carbocycles. The molecule has 0 amide bonds. The molecule has 104 valence electrons. The number of hydrogen-bond donors (Lipinski definition) is 1. The van der Waals surface area contributed by atoms with E-state index in [2.05, 4.69) is 4.98 Å². The zero-order valence-electron chi connectivity index (χ0n) is 11.2. The van der Waals surface area contributed by atoms with Gasteiger partial charge in [0, 0.05) is 11.7 Å². The van der Waals surface area contributed by atoms with Crippen LogP contribution < -0.4 is 4.74 Å². The van der Waals surface area contributed by atoms with Crippen molar-refractivity contribution in [2.45, 2.75) is 6.61 Å². The average molecular weight is 279 g/mol. The van der Waals surface area contributed by atoms with Crippen LogP contribution in [0.25, 0.3) is 10.9 Å². The first-order valence-electron chi connectivity index (χ1n) is 6.56. The number of fused-ring (bicyclic) bond motifs is 1. The van der Waals surface area contributed by atoms with Crippen molar-refractivity contribution in [2.75, 3.05) is 0 Å². The number of H-pyrrole nitrogens is 1. The number of aromatic nitrogens is 1. The van der Waals surface area contributed by atoms with Crippen molar-refractivity contribution in [1.82, 2.24) is 4.98 Å². The van der Waals surface area contributed by atoms with Crippen molar-refractivity contribution in [1.29, 1.82) is 0 Å². The number of ketones is 1. The number of nitrogens with one attached hydrogen (secondary N) is 1. The van der Waals surface area contributed by atoms with Crippen molar-refractivity contribution in [3.63, 3.8) is 0 Å². The van der Waals surface area contributed by atoms with Gasteiger partial charge in [-0.3, -0.25) is 9.59 Å². The summed E-state index contributed by atoms with van der Waals surface area (Å²) in [6, 6.07) is 15.2. The van der Waals surface area contributed by atoms with Gasteiger partial charge < -0.3 is 9.72 Å². The van der Waals surface area contributed by atoms with Crippen LogP contribution in [0.2, 0.25) is 0 Å². The van der Waals surface area contributed by atoms with Crippen molar-refractivity contribution < 1.29 is 14.3 Å². The molecule has 0 aliphatic heterocycles. The standard InChI is InChI=1S/C17H13NO3/c19-10-15(20)13-9-18-14-7-4-8-16(17(13)14)21-11-12-5-2-1-3-6-12/h1-10,18H,11H2. The van der Waals surface area contributed by atoms with Crippen LogP contribution in [0.4, 0.5) is 0 Å². The number of aromatic amines is 1. The highest BCUT2D eigenvalue weighted by molar-refractivity contribution is 6.36. The number of rotatable bonds is 5. The molecule has 0 spiro atoms. The summed E-state index contributed by atoms with van der Waals surface area (Å²) in [6.07, 6.45) is 1.85. The third-order valence-electron chi connectivity index (χ3n) is 3.28. The molecule has 0 aliphatic carbocycles. The summed E-state index contributed by atoms with van der Waals surface area (Å²) in [5.74, 6) is 0.0276. The molecule has 4 heteroatoms. The number of benzene rings is 2. The van der Waals surface area contributed by atoms with Gasteiger partial charge in [0.05, 0.1) is 10.9 Å². The Bertz CT molecular complexity index is 790. The monoisotopic (exact) mass is 279 g/mol. The summed E-state index contributed by atoms with van der Waals surface area (Å²) in [7, 11) is 0. The fourth-order valence-corrected chi connectivity index (χ4v) is 2.26. The van der Waals surface area contributed by atoms with Crippen LogP contribution in [0.3, 0.4) is 0 Å². The predicted molar refractivity (Wildman–Crippen MR) is 79.5 cm³/mol. The maximum Gasteiger partial charge on any atom is 0.227 e. The lowest BCUT2D eigenvalue weighted by atomic mass is 10.1. The fraction of sp³-hybridized carbons (Fsp3) is 0.0588. The Morgan fingerprint density at radius 1 is 1.10 bits per heavy atom. The number of Topliss-reactive ketones (excluding diaryl/α,β-unsaturated/α-hetero) is 1. The van der Waals surface area contributed by atoms with Gasteiger partial charge in [-0.05, 0) is 17.7 Å². The molecule has 0 radical (unpaired) electrons. The normalized spacial score (nSPS) is 10.5. The van der Waals surface area contributed by atoms with Gasteiger partial charge in [0.15, 0.2) is 6.29 Å². The smallest absolute Gasteiger partial charge is 0.227 e. The maximum atomic E-state index is 11.7. The van der Waals surface area contributed by atoms with Crippen molar-refractivity contribution in [3.05, 3.63) is 65.9 Å². The molecule has 21 heavy (non-hydrogen) atoms. The summed E-state index contributed by atoms with van der Waals surface area (Å²) in [4.78, 5) is 25.4. The van der Waals surface area contributed by atoms with E-state index < -0.39 is 5.78 Å². The van der Waals surface area contributed by atoms with Crippen LogP contribution in [-0.2, 0) is 11.4 Å². The number of carbonyl (C=O) groups is 2. The van der Waals surface area contributed by atoms with Crippen molar-refractivity contribution in [3.8, 4) is 5.75 Å². The molecule has 0 atom stereocenters. The second-order valence-corrected chi connectivity index (χ2v) is 4.64. The molecule has 1 N–H and O–H groups in total. The maximum absolute atomic E-state index is 11.7. The van der Waals surface area contributed by atoms with E-state index in [1.54, 1.807) is 6.07 Å². The third kappa shape index (κ3) is 2.56. The molecule has 0 saturated heterocycles. The third-order valence-corrected chi connectivity index (χ3v) is 3.28. The van der Waals surface area contributed by atoms with E-state index in [1.165, 1.54) is 6.20 Å². The van der Waals surface area contributed by atoms with Gasteiger partial charge >= 0.3 is 0 Å². The van der Waals surface area contributed by atoms with Crippen LogP contribution in [-0.4, -0.2) is 17.1 Å². The minimum absolute atomic E-state index is 0.316. The van der Waals surface area contributed by atoms with E-state index in [4.69, 9.17) is 4.74 Å². The molecule has 3 aromatic rings. The molecule has 0 aliphatic rings. The first-order valence-corrected chi connectivity index (χ1v) is 6.56. The second kappa shape index (κ2) is 5.63. The Kier molecular flexibility index (Phi) is 3.51. The Morgan fingerprint density at radius 3 is 2.67 bits per heavy atom. The number of hydrogen-bond acceptors (Lipinski definition) is 3. The van der Waals surface area contributed by atoms with Gasteiger partial charge in [0.25, 0.3) is 0 Å². The highest BCUT2D eigenvalue weighted by Gasteiger charge is 2.15. The van der Waals surface area contributed by atoms with Crippen molar-refractivity contribution in [2.24, 2.45) is 0 Å². The van der Waals surface area contributed by atoms with E-state index in [0.717, 1.165) is 11.1 Å². The van der Waals surface area contributed by atoms with Gasteiger partial charge in [-0.1, -0.05) is 36.4 Å². The fourth-order valence-electron chi connectivity index (χ4n) is 2.26. The zero-order valence-corrected chi connectivity index (χ0v) is 11.2. The summed E-state index contributed by atoms with van der Waals surface area (Å²) in [5.41, 5.74) is 2.14. The van der Waals surface area contributed by atoms with E-state index in [0.29, 0.717) is 29.6 Å². The predicted octanol–water partition coefficient (Wildman–Crippen LogP) is 3.13. The Balaban J connectivity index is 1.96. The van der Waals surface area contributed by atoms with Crippen LogP contribution in [0.5, 0.6) is 5.75 Å². The average Bonchev–Trinajstić information content (AvgIpc) is 2.98. The minimum atomic E-state index is -0.558. The van der Waals surface area contributed by atoms with Crippen LogP contribution in [0, 0.1) is 0 Å². The molecule has 1 heterocycles. The van der Waals surface area contributed by atoms with Crippen LogP contribution in [0.1, 0.15) is 15.9 Å². The lowest BCUT2D eigenvalue weighted by Crippen LogP contribution is -2.00. The number of aldehydes is 1. The van der Waals surface area contributed by atoms with Gasteiger partial charge in [0.1, 0.15) is 12.4 Å². The molecule has 1 aromatic heterocycles. The van der Waals surface area contributed by atoms with Crippen LogP contribution in [0.15, 0.2) is 54.7 Å². The molecule has 2 aromatic carbocycles. The minimum Gasteiger partial charge on any atom is -0.488 e. The highest BCUT2D eigenvalue weighted by Crippen LogP contribution is 2.29. The van der Waals surface area contributed by atoms with E-state index in [9.17, 15) is 9.59 Å². The summed E-state index contributed by atoms with van der Waals surface area (Å²) >= 11 is 0. The van der Waals surface area contributed by atoms with E-state index in [1.807, 2.05) is 42.5 Å².